The zero-order valence-corrected chi connectivity index (χ0v) is 8.81. The molecule has 3 heteroatoms. The van der Waals surface area contributed by atoms with E-state index in [1.165, 1.54) is 10.8 Å². The second-order valence-corrected chi connectivity index (χ2v) is 3.66. The molecule has 0 aliphatic rings. The van der Waals surface area contributed by atoms with Crippen molar-refractivity contribution >= 4 is 16.9 Å². The Morgan fingerprint density at radius 3 is 2.62 bits per heavy atom. The highest BCUT2D eigenvalue weighted by molar-refractivity contribution is 5.83. The predicted molar refractivity (Wildman–Crippen MR) is 63.7 cm³/mol. The number of hydrogen-bond donors (Lipinski definition) is 2. The van der Waals surface area contributed by atoms with Gasteiger partial charge in [-0.3, -0.25) is 0 Å². The molecule has 2 aromatic carbocycles. The van der Waals surface area contributed by atoms with Gasteiger partial charge in [-0.1, -0.05) is 42.5 Å². The number of carboxylic acid groups (broad SMARTS) is 1. The summed E-state index contributed by atoms with van der Waals surface area (Å²) in [4.78, 5) is 10.3. The van der Waals surface area contributed by atoms with E-state index in [1.54, 1.807) is 0 Å². The van der Waals surface area contributed by atoms with Crippen molar-refractivity contribution in [3.05, 3.63) is 48.0 Å². The topological polar surface area (TPSA) is 49.3 Å². The molecule has 0 aromatic heterocycles. The van der Waals surface area contributed by atoms with Gasteiger partial charge >= 0.3 is 6.09 Å². The molecule has 0 fully saturated rings. The molecule has 0 unspecified atom stereocenters. The van der Waals surface area contributed by atoms with Crippen LogP contribution in [-0.4, -0.2) is 17.7 Å². The van der Waals surface area contributed by atoms with Crippen molar-refractivity contribution in [2.75, 3.05) is 6.54 Å². The first-order valence-electron chi connectivity index (χ1n) is 5.20. The fourth-order valence-electron chi connectivity index (χ4n) is 1.71. The summed E-state index contributed by atoms with van der Waals surface area (Å²) in [5, 5.41) is 13.2. The third-order valence-electron chi connectivity index (χ3n) is 2.50. The molecule has 82 valence electrons. The van der Waals surface area contributed by atoms with Gasteiger partial charge in [-0.05, 0) is 22.8 Å². The molecule has 0 bridgehead atoms. The number of fused-ring (bicyclic) bond motifs is 1. The van der Waals surface area contributed by atoms with E-state index < -0.39 is 6.09 Å². The molecule has 2 rings (SSSR count). The van der Waals surface area contributed by atoms with E-state index >= 15 is 0 Å². The van der Waals surface area contributed by atoms with Crippen LogP contribution in [0.15, 0.2) is 42.5 Å². The molecular weight excluding hydrogens is 202 g/mol. The number of hydrogen-bond acceptors (Lipinski definition) is 1. The smallest absolute Gasteiger partial charge is 0.404 e. The summed E-state index contributed by atoms with van der Waals surface area (Å²) in [5.74, 6) is 0. The van der Waals surface area contributed by atoms with Crippen LogP contribution in [0.1, 0.15) is 5.56 Å². The highest BCUT2D eigenvalue weighted by atomic mass is 16.4. The summed E-state index contributed by atoms with van der Waals surface area (Å²) in [5.41, 5.74) is 1.15. The Hall–Kier alpha value is -2.03. The van der Waals surface area contributed by atoms with Gasteiger partial charge < -0.3 is 10.4 Å². The molecule has 0 atom stereocenters. The summed E-state index contributed by atoms with van der Waals surface area (Å²) < 4.78 is 0. The molecule has 2 N–H and O–H groups in total. The lowest BCUT2D eigenvalue weighted by atomic mass is 10.1. The molecule has 16 heavy (non-hydrogen) atoms. The molecular formula is C13H13NO2. The molecule has 0 spiro atoms. The van der Waals surface area contributed by atoms with E-state index in [9.17, 15) is 4.79 Å². The Balaban J connectivity index is 2.10. The maximum Gasteiger partial charge on any atom is 0.404 e. The molecule has 1 amide bonds. The monoisotopic (exact) mass is 215 g/mol. The molecule has 3 nitrogen and oxygen atoms in total. The van der Waals surface area contributed by atoms with Crippen LogP contribution in [-0.2, 0) is 6.42 Å². The summed E-state index contributed by atoms with van der Waals surface area (Å²) in [7, 11) is 0. The van der Waals surface area contributed by atoms with Crippen molar-refractivity contribution in [3.8, 4) is 0 Å². The van der Waals surface area contributed by atoms with Gasteiger partial charge in [-0.25, -0.2) is 4.79 Å². The van der Waals surface area contributed by atoms with Gasteiger partial charge in [0.15, 0.2) is 0 Å². The molecule has 0 aliphatic carbocycles. The van der Waals surface area contributed by atoms with Crippen LogP contribution in [0, 0.1) is 0 Å². The van der Waals surface area contributed by atoms with Gasteiger partial charge in [0.2, 0.25) is 0 Å². The first kappa shape index (κ1) is 10.5. The fraction of sp³-hybridized carbons (Fsp3) is 0.154. The highest BCUT2D eigenvalue weighted by Crippen LogP contribution is 2.15. The van der Waals surface area contributed by atoms with Gasteiger partial charge in [0, 0.05) is 6.54 Å². The van der Waals surface area contributed by atoms with E-state index in [-0.39, 0.29) is 0 Å². The second kappa shape index (κ2) is 4.66. The highest BCUT2D eigenvalue weighted by Gasteiger charge is 1.97. The first-order chi connectivity index (χ1) is 7.75. The first-order valence-corrected chi connectivity index (χ1v) is 5.20. The Bertz CT molecular complexity index is 508. The minimum Gasteiger partial charge on any atom is -0.465 e. The summed E-state index contributed by atoms with van der Waals surface area (Å²) in [6.07, 6.45) is -0.252. The van der Waals surface area contributed by atoms with Crippen LogP contribution >= 0.6 is 0 Å². The maximum atomic E-state index is 10.3. The summed E-state index contributed by atoms with van der Waals surface area (Å²) in [6.45, 7) is 0.452. The van der Waals surface area contributed by atoms with Gasteiger partial charge in [0.1, 0.15) is 0 Å². The van der Waals surface area contributed by atoms with Crippen molar-refractivity contribution in [2.45, 2.75) is 6.42 Å². The van der Waals surface area contributed by atoms with Gasteiger partial charge in [-0.15, -0.1) is 0 Å². The van der Waals surface area contributed by atoms with Crippen molar-refractivity contribution in [1.82, 2.24) is 5.32 Å². The lowest BCUT2D eigenvalue weighted by Gasteiger charge is -2.03. The van der Waals surface area contributed by atoms with Crippen LogP contribution in [0.3, 0.4) is 0 Å². The third-order valence-corrected chi connectivity index (χ3v) is 2.50. The third kappa shape index (κ3) is 2.51. The zero-order chi connectivity index (χ0) is 11.4. The lowest BCUT2D eigenvalue weighted by Crippen LogP contribution is -2.23. The molecule has 0 radical (unpaired) electrons. The van der Waals surface area contributed by atoms with Crippen LogP contribution in [0.5, 0.6) is 0 Å². The molecule has 0 saturated carbocycles. The zero-order valence-electron chi connectivity index (χ0n) is 8.81. The molecule has 0 aliphatic heterocycles. The van der Waals surface area contributed by atoms with Crippen molar-refractivity contribution in [2.24, 2.45) is 0 Å². The number of amides is 1. The second-order valence-electron chi connectivity index (χ2n) is 3.66. The summed E-state index contributed by atoms with van der Waals surface area (Å²) in [6, 6.07) is 14.3. The standard InChI is InChI=1S/C13H13NO2/c15-13(16)14-8-7-10-5-6-11-3-1-2-4-12(11)9-10/h1-6,9,14H,7-8H2,(H,15,16). The quantitative estimate of drug-likeness (QED) is 0.826. The molecule has 2 aromatic rings. The van der Waals surface area contributed by atoms with E-state index in [0.29, 0.717) is 6.54 Å². The van der Waals surface area contributed by atoms with Gasteiger partial charge in [0.05, 0.1) is 0 Å². The van der Waals surface area contributed by atoms with Crippen LogP contribution in [0.4, 0.5) is 4.79 Å². The number of rotatable bonds is 3. The van der Waals surface area contributed by atoms with Crippen molar-refractivity contribution < 1.29 is 9.90 Å². The Kier molecular flexibility index (Phi) is 3.05. The minimum absolute atomic E-state index is 0.452. The molecule has 0 saturated heterocycles. The average Bonchev–Trinajstić information content (AvgIpc) is 2.28. The van der Waals surface area contributed by atoms with Crippen LogP contribution in [0.25, 0.3) is 10.8 Å². The Morgan fingerprint density at radius 1 is 1.12 bits per heavy atom. The van der Waals surface area contributed by atoms with Crippen molar-refractivity contribution in [3.63, 3.8) is 0 Å². The number of carbonyl (C=O) groups is 1. The van der Waals surface area contributed by atoms with Crippen LogP contribution in [0.2, 0.25) is 0 Å². The Labute approximate surface area is 93.7 Å². The van der Waals surface area contributed by atoms with E-state index in [1.807, 2.05) is 18.2 Å². The lowest BCUT2D eigenvalue weighted by molar-refractivity contribution is 0.194. The normalized spacial score (nSPS) is 10.2. The van der Waals surface area contributed by atoms with E-state index in [4.69, 9.17) is 5.11 Å². The van der Waals surface area contributed by atoms with E-state index in [2.05, 4.69) is 29.6 Å². The largest absolute Gasteiger partial charge is 0.465 e. The maximum absolute atomic E-state index is 10.3. The number of nitrogens with one attached hydrogen (secondary N) is 1. The van der Waals surface area contributed by atoms with Gasteiger partial charge in [-0.2, -0.15) is 0 Å². The van der Waals surface area contributed by atoms with E-state index in [0.717, 1.165) is 12.0 Å². The number of benzene rings is 2. The minimum atomic E-state index is -0.971. The summed E-state index contributed by atoms with van der Waals surface area (Å²) >= 11 is 0. The SMILES string of the molecule is O=C(O)NCCc1ccc2ccccc2c1. The van der Waals surface area contributed by atoms with Crippen LogP contribution < -0.4 is 5.32 Å². The Morgan fingerprint density at radius 2 is 1.88 bits per heavy atom. The van der Waals surface area contributed by atoms with Gasteiger partial charge in [0.25, 0.3) is 0 Å². The molecule has 0 heterocycles. The van der Waals surface area contributed by atoms with Crippen molar-refractivity contribution in [1.29, 1.82) is 0 Å². The fourth-order valence-corrected chi connectivity index (χ4v) is 1.71. The predicted octanol–water partition coefficient (Wildman–Crippen LogP) is 2.65. The average molecular weight is 215 g/mol.